The van der Waals surface area contributed by atoms with Crippen molar-refractivity contribution < 1.29 is 18.7 Å². The molecule has 1 saturated heterocycles. The first-order valence-electron chi connectivity index (χ1n) is 10.4. The smallest absolute Gasteiger partial charge is 0.270 e. The Labute approximate surface area is 215 Å². The van der Waals surface area contributed by atoms with Crippen molar-refractivity contribution in [3.8, 4) is 11.5 Å². The molecule has 1 aliphatic rings. The molecule has 1 aliphatic heterocycles. The van der Waals surface area contributed by atoms with Crippen LogP contribution in [0.25, 0.3) is 6.08 Å². The lowest BCUT2D eigenvalue weighted by molar-refractivity contribution is -0.113. The van der Waals surface area contributed by atoms with Crippen molar-refractivity contribution in [2.45, 2.75) is 20.5 Å². The number of methoxy groups -OCH3 is 1. The average Bonchev–Trinajstić information content (AvgIpc) is 3.07. The summed E-state index contributed by atoms with van der Waals surface area (Å²) in [5.74, 6) is 0.494. The lowest BCUT2D eigenvalue weighted by Gasteiger charge is -2.16. The Morgan fingerprint density at radius 2 is 1.91 bits per heavy atom. The van der Waals surface area contributed by atoms with Crippen molar-refractivity contribution in [3.63, 3.8) is 0 Å². The third kappa shape index (κ3) is 5.19. The Morgan fingerprint density at radius 1 is 1.12 bits per heavy atom. The van der Waals surface area contributed by atoms with Crippen LogP contribution < -0.4 is 14.4 Å². The van der Waals surface area contributed by atoms with Crippen LogP contribution in [0.15, 0.2) is 64.0 Å². The largest absolute Gasteiger partial charge is 0.493 e. The molecule has 1 amide bonds. The number of halogens is 2. The summed E-state index contributed by atoms with van der Waals surface area (Å²) in [6, 6.07) is 15.7. The Morgan fingerprint density at radius 3 is 2.62 bits per heavy atom. The summed E-state index contributed by atoms with van der Waals surface area (Å²) >= 11 is 10.3. The van der Waals surface area contributed by atoms with Crippen molar-refractivity contribution >= 4 is 61.9 Å². The SMILES string of the molecule is COc1cc(/C=C2/SC(=S)N(c3ccc(C)c(C)c3)C2=O)cc(Br)c1OCc1cccc(F)c1. The molecule has 1 heterocycles. The van der Waals surface area contributed by atoms with Gasteiger partial charge in [0.25, 0.3) is 5.91 Å². The zero-order valence-corrected chi connectivity index (χ0v) is 21.9. The Balaban J connectivity index is 1.59. The van der Waals surface area contributed by atoms with Crippen LogP contribution in [0.5, 0.6) is 11.5 Å². The van der Waals surface area contributed by atoms with Crippen LogP contribution in [-0.4, -0.2) is 17.3 Å². The van der Waals surface area contributed by atoms with Gasteiger partial charge in [0.1, 0.15) is 12.4 Å². The quantitative estimate of drug-likeness (QED) is 0.236. The molecule has 0 radical (unpaired) electrons. The number of ether oxygens (including phenoxy) is 2. The molecule has 174 valence electrons. The van der Waals surface area contributed by atoms with E-state index in [2.05, 4.69) is 15.9 Å². The van der Waals surface area contributed by atoms with E-state index in [0.717, 1.165) is 22.4 Å². The van der Waals surface area contributed by atoms with E-state index in [9.17, 15) is 9.18 Å². The molecule has 1 fully saturated rings. The van der Waals surface area contributed by atoms with E-state index < -0.39 is 0 Å². The van der Waals surface area contributed by atoms with Gasteiger partial charge >= 0.3 is 0 Å². The van der Waals surface area contributed by atoms with Gasteiger partial charge in [-0.25, -0.2) is 4.39 Å². The van der Waals surface area contributed by atoms with Crippen molar-refractivity contribution in [2.75, 3.05) is 12.0 Å². The second-order valence-corrected chi connectivity index (χ2v) is 10.3. The van der Waals surface area contributed by atoms with E-state index >= 15 is 0 Å². The van der Waals surface area contributed by atoms with Crippen LogP contribution in [0.1, 0.15) is 22.3 Å². The Hall–Kier alpha value is -2.68. The highest BCUT2D eigenvalue weighted by Crippen LogP contribution is 2.40. The number of thiocarbonyl (C=S) groups is 1. The van der Waals surface area contributed by atoms with Crippen LogP contribution in [0, 0.1) is 19.7 Å². The summed E-state index contributed by atoms with van der Waals surface area (Å²) in [6.45, 7) is 4.22. The Bertz CT molecular complexity index is 1330. The number of carbonyl (C=O) groups is 1. The van der Waals surface area contributed by atoms with E-state index in [4.69, 9.17) is 21.7 Å². The molecule has 0 N–H and O–H groups in total. The molecule has 0 aliphatic carbocycles. The van der Waals surface area contributed by atoms with Gasteiger partial charge in [0.2, 0.25) is 0 Å². The topological polar surface area (TPSA) is 38.8 Å². The number of hydrogen-bond acceptors (Lipinski definition) is 5. The number of benzene rings is 3. The van der Waals surface area contributed by atoms with Gasteiger partial charge in [0.05, 0.1) is 22.2 Å². The molecular weight excluding hydrogens is 537 g/mol. The number of hydrogen-bond donors (Lipinski definition) is 0. The molecule has 0 spiro atoms. The molecule has 34 heavy (non-hydrogen) atoms. The summed E-state index contributed by atoms with van der Waals surface area (Å²) < 4.78 is 26.0. The minimum atomic E-state index is -0.319. The van der Waals surface area contributed by atoms with E-state index in [1.54, 1.807) is 36.3 Å². The predicted octanol–water partition coefficient (Wildman–Crippen LogP) is 7.20. The van der Waals surface area contributed by atoms with Gasteiger partial charge in [0, 0.05) is 0 Å². The van der Waals surface area contributed by atoms with Gasteiger partial charge in [-0.05, 0) is 94.5 Å². The van der Waals surface area contributed by atoms with Gasteiger partial charge in [-0.3, -0.25) is 9.69 Å². The zero-order chi connectivity index (χ0) is 24.4. The number of nitrogens with zero attached hydrogens (tertiary/aromatic N) is 1. The number of aryl methyl sites for hydroxylation is 2. The summed E-state index contributed by atoms with van der Waals surface area (Å²) in [6.07, 6.45) is 1.78. The fraction of sp³-hybridized carbons (Fsp3) is 0.154. The number of rotatable bonds is 6. The normalized spacial score (nSPS) is 14.7. The molecule has 0 unspecified atom stereocenters. The molecule has 0 atom stereocenters. The fourth-order valence-corrected chi connectivity index (χ4v) is 5.33. The number of thioether (sulfide) groups is 1. The third-order valence-electron chi connectivity index (χ3n) is 5.36. The first-order valence-corrected chi connectivity index (χ1v) is 12.4. The lowest BCUT2D eigenvalue weighted by Crippen LogP contribution is -2.27. The molecule has 4 rings (SSSR count). The number of amides is 1. The summed E-state index contributed by atoms with van der Waals surface area (Å²) in [5, 5.41) is 0. The fourth-order valence-electron chi connectivity index (χ4n) is 3.45. The first kappa shape index (κ1) is 24.4. The highest BCUT2D eigenvalue weighted by atomic mass is 79.9. The maximum absolute atomic E-state index is 13.5. The summed E-state index contributed by atoms with van der Waals surface area (Å²) in [5.41, 5.74) is 4.46. The standard InChI is InChI=1S/C26H21BrFNO3S2/c1-15-7-8-20(9-16(15)2)29-25(30)23(34-26(29)33)13-18-11-21(27)24(22(12-18)31-3)32-14-17-5-4-6-19(28)10-17/h4-13H,14H2,1-3H3/b23-13+. The van der Waals surface area contributed by atoms with Crippen LogP contribution in [0.2, 0.25) is 0 Å². The van der Waals surface area contributed by atoms with Gasteiger partial charge in [0.15, 0.2) is 15.8 Å². The van der Waals surface area contributed by atoms with Gasteiger partial charge in [-0.15, -0.1) is 0 Å². The van der Waals surface area contributed by atoms with Crippen molar-refractivity contribution in [2.24, 2.45) is 0 Å². The molecule has 3 aromatic carbocycles. The number of anilines is 1. The molecule has 0 bridgehead atoms. The summed E-state index contributed by atoms with van der Waals surface area (Å²) in [4.78, 5) is 15.2. The maximum atomic E-state index is 13.5. The van der Waals surface area contributed by atoms with Crippen molar-refractivity contribution in [3.05, 3.63) is 92.0 Å². The van der Waals surface area contributed by atoms with Crippen LogP contribution in [-0.2, 0) is 11.4 Å². The predicted molar refractivity (Wildman–Crippen MR) is 143 cm³/mol. The average molecular weight is 558 g/mol. The highest BCUT2D eigenvalue weighted by Gasteiger charge is 2.33. The minimum absolute atomic E-state index is 0.167. The second-order valence-electron chi connectivity index (χ2n) is 7.74. The lowest BCUT2D eigenvalue weighted by atomic mass is 10.1. The zero-order valence-electron chi connectivity index (χ0n) is 18.7. The van der Waals surface area contributed by atoms with E-state index in [1.807, 2.05) is 38.1 Å². The van der Waals surface area contributed by atoms with Crippen molar-refractivity contribution in [1.29, 1.82) is 0 Å². The Kier molecular flexibility index (Phi) is 7.40. The van der Waals surface area contributed by atoms with Crippen LogP contribution >= 0.6 is 39.9 Å². The first-order chi connectivity index (χ1) is 16.3. The van der Waals surface area contributed by atoms with Gasteiger partial charge in [-0.1, -0.05) is 42.2 Å². The maximum Gasteiger partial charge on any atom is 0.270 e. The highest BCUT2D eigenvalue weighted by molar-refractivity contribution is 9.10. The molecule has 8 heteroatoms. The van der Waals surface area contributed by atoms with E-state index in [0.29, 0.717) is 30.8 Å². The second kappa shape index (κ2) is 10.3. The monoisotopic (exact) mass is 557 g/mol. The van der Waals surface area contributed by atoms with Gasteiger partial charge < -0.3 is 9.47 Å². The number of carbonyl (C=O) groups excluding carboxylic acids is 1. The summed E-state index contributed by atoms with van der Waals surface area (Å²) in [7, 11) is 1.54. The van der Waals surface area contributed by atoms with Crippen LogP contribution in [0.3, 0.4) is 0 Å². The van der Waals surface area contributed by atoms with Gasteiger partial charge in [-0.2, -0.15) is 0 Å². The third-order valence-corrected chi connectivity index (χ3v) is 7.26. The molecule has 0 saturated carbocycles. The molecule has 0 aromatic heterocycles. The van der Waals surface area contributed by atoms with E-state index in [-0.39, 0.29) is 18.3 Å². The molecular formula is C26H21BrFNO3S2. The van der Waals surface area contributed by atoms with Crippen LogP contribution in [0.4, 0.5) is 10.1 Å². The van der Waals surface area contributed by atoms with Crippen molar-refractivity contribution in [1.82, 2.24) is 0 Å². The molecule has 4 nitrogen and oxygen atoms in total. The van der Waals surface area contributed by atoms with E-state index in [1.165, 1.54) is 23.9 Å². The molecule has 3 aromatic rings. The minimum Gasteiger partial charge on any atom is -0.493 e.